The molecule has 0 spiro atoms. The van der Waals surface area contributed by atoms with Crippen LogP contribution in [0.1, 0.15) is 10.4 Å². The summed E-state index contributed by atoms with van der Waals surface area (Å²) in [6.45, 7) is 0.472. The minimum absolute atomic E-state index is 0.198. The highest BCUT2D eigenvalue weighted by Crippen LogP contribution is 2.43. The number of para-hydroxylation sites is 1. The van der Waals surface area contributed by atoms with Crippen LogP contribution in [0.3, 0.4) is 0 Å². The van der Waals surface area contributed by atoms with Gasteiger partial charge in [0.2, 0.25) is 5.13 Å². The standard InChI is InChI=1S/C18H14N2O3S/c1-22-12-6-7-13-15(8-12)23-10-16-17(13)20-18(24-16)19-9-11-4-2-3-5-14(11)21/h2-9,21H,10H2,1H3. The zero-order valence-corrected chi connectivity index (χ0v) is 13.7. The number of fused-ring (bicyclic) bond motifs is 3. The molecule has 3 aromatic rings. The molecule has 2 heterocycles. The number of hydrogen-bond donors (Lipinski definition) is 1. The highest BCUT2D eigenvalue weighted by molar-refractivity contribution is 7.15. The Morgan fingerprint density at radius 1 is 1.29 bits per heavy atom. The van der Waals surface area contributed by atoms with Crippen LogP contribution in [0.4, 0.5) is 5.13 Å². The van der Waals surface area contributed by atoms with E-state index in [4.69, 9.17) is 9.47 Å². The van der Waals surface area contributed by atoms with E-state index in [1.54, 1.807) is 31.5 Å². The number of phenolic OH excluding ortho intramolecular Hbond substituents is 1. The van der Waals surface area contributed by atoms with E-state index < -0.39 is 0 Å². The zero-order valence-electron chi connectivity index (χ0n) is 12.9. The SMILES string of the molecule is COc1ccc2c(c1)OCc1sc(N=Cc3ccccc3O)nc1-2. The van der Waals surface area contributed by atoms with Gasteiger partial charge in [0.25, 0.3) is 0 Å². The topological polar surface area (TPSA) is 63.9 Å². The Bertz CT molecular complexity index is 934. The quantitative estimate of drug-likeness (QED) is 0.728. The molecule has 6 heteroatoms. The van der Waals surface area contributed by atoms with Crippen molar-refractivity contribution in [1.82, 2.24) is 4.98 Å². The summed E-state index contributed by atoms with van der Waals surface area (Å²) in [5.41, 5.74) is 2.50. The molecule has 1 aromatic heterocycles. The van der Waals surface area contributed by atoms with Crippen LogP contribution in [0.25, 0.3) is 11.3 Å². The van der Waals surface area contributed by atoms with Crippen LogP contribution in [0.2, 0.25) is 0 Å². The molecule has 4 rings (SSSR count). The average Bonchev–Trinajstić information content (AvgIpc) is 3.04. The third kappa shape index (κ3) is 2.61. The van der Waals surface area contributed by atoms with Crippen molar-refractivity contribution in [1.29, 1.82) is 0 Å². The van der Waals surface area contributed by atoms with E-state index in [0.29, 0.717) is 17.3 Å². The molecule has 0 atom stereocenters. The number of rotatable bonds is 3. The highest BCUT2D eigenvalue weighted by atomic mass is 32.1. The monoisotopic (exact) mass is 338 g/mol. The van der Waals surface area contributed by atoms with Crippen LogP contribution >= 0.6 is 11.3 Å². The summed E-state index contributed by atoms with van der Waals surface area (Å²) in [5, 5.41) is 10.4. The second-order valence-electron chi connectivity index (χ2n) is 5.24. The van der Waals surface area contributed by atoms with E-state index in [9.17, 15) is 5.11 Å². The van der Waals surface area contributed by atoms with Gasteiger partial charge in [-0.05, 0) is 24.3 Å². The van der Waals surface area contributed by atoms with Gasteiger partial charge in [0.05, 0.1) is 17.7 Å². The molecule has 24 heavy (non-hydrogen) atoms. The second-order valence-corrected chi connectivity index (χ2v) is 6.30. The van der Waals surface area contributed by atoms with Gasteiger partial charge in [0, 0.05) is 23.4 Å². The minimum atomic E-state index is 0.198. The summed E-state index contributed by atoms with van der Waals surface area (Å²) in [4.78, 5) is 10.0. The first-order chi connectivity index (χ1) is 11.7. The van der Waals surface area contributed by atoms with E-state index in [1.807, 2.05) is 24.3 Å². The highest BCUT2D eigenvalue weighted by Gasteiger charge is 2.22. The molecule has 0 unspecified atom stereocenters. The number of ether oxygens (including phenoxy) is 2. The Kier molecular flexibility index (Phi) is 3.66. The molecule has 0 amide bonds. The Morgan fingerprint density at radius 2 is 2.17 bits per heavy atom. The maximum atomic E-state index is 9.79. The molecule has 0 radical (unpaired) electrons. The van der Waals surface area contributed by atoms with Gasteiger partial charge < -0.3 is 14.6 Å². The van der Waals surface area contributed by atoms with Crippen molar-refractivity contribution >= 4 is 22.7 Å². The summed E-state index contributed by atoms with van der Waals surface area (Å²) in [6, 6.07) is 12.8. The molecule has 0 fully saturated rings. The van der Waals surface area contributed by atoms with Crippen LogP contribution in [0.15, 0.2) is 47.5 Å². The lowest BCUT2D eigenvalue weighted by molar-refractivity contribution is 0.303. The lowest BCUT2D eigenvalue weighted by Gasteiger charge is -2.16. The fraction of sp³-hybridized carbons (Fsp3) is 0.111. The lowest BCUT2D eigenvalue weighted by atomic mass is 10.1. The van der Waals surface area contributed by atoms with Crippen molar-refractivity contribution in [3.8, 4) is 28.5 Å². The molecule has 0 saturated carbocycles. The van der Waals surface area contributed by atoms with Crippen LogP contribution in [0.5, 0.6) is 17.2 Å². The molecule has 2 aromatic carbocycles. The molecular formula is C18H14N2O3S. The van der Waals surface area contributed by atoms with Gasteiger partial charge in [-0.25, -0.2) is 9.98 Å². The lowest BCUT2D eigenvalue weighted by Crippen LogP contribution is -2.03. The van der Waals surface area contributed by atoms with Gasteiger partial charge in [-0.1, -0.05) is 23.5 Å². The third-order valence-corrected chi connectivity index (χ3v) is 4.68. The molecule has 0 saturated heterocycles. The normalized spacial score (nSPS) is 12.5. The molecule has 120 valence electrons. The molecular weight excluding hydrogens is 324 g/mol. The first kappa shape index (κ1) is 14.7. The first-order valence-electron chi connectivity index (χ1n) is 7.37. The number of benzene rings is 2. The average molecular weight is 338 g/mol. The predicted molar refractivity (Wildman–Crippen MR) is 93.8 cm³/mol. The van der Waals surface area contributed by atoms with Crippen LogP contribution < -0.4 is 9.47 Å². The van der Waals surface area contributed by atoms with Gasteiger partial charge in [0.15, 0.2) is 0 Å². The van der Waals surface area contributed by atoms with E-state index in [2.05, 4.69) is 9.98 Å². The summed E-state index contributed by atoms with van der Waals surface area (Å²) in [6.07, 6.45) is 1.62. The van der Waals surface area contributed by atoms with E-state index in [1.165, 1.54) is 11.3 Å². The van der Waals surface area contributed by atoms with Crippen molar-refractivity contribution in [3.63, 3.8) is 0 Å². The number of thiazole rings is 1. The molecule has 1 aliphatic rings. The predicted octanol–water partition coefficient (Wildman–Crippen LogP) is 4.17. The van der Waals surface area contributed by atoms with E-state index in [0.717, 1.165) is 27.6 Å². The molecule has 0 aliphatic carbocycles. The van der Waals surface area contributed by atoms with Crippen molar-refractivity contribution in [2.45, 2.75) is 6.61 Å². The Morgan fingerprint density at radius 3 is 3.00 bits per heavy atom. The third-order valence-electron chi connectivity index (χ3n) is 3.74. The number of aromatic hydroxyl groups is 1. The van der Waals surface area contributed by atoms with Gasteiger partial charge in [0.1, 0.15) is 23.9 Å². The number of methoxy groups -OCH3 is 1. The van der Waals surface area contributed by atoms with Gasteiger partial charge in [-0.3, -0.25) is 0 Å². The van der Waals surface area contributed by atoms with Crippen molar-refractivity contribution < 1.29 is 14.6 Å². The van der Waals surface area contributed by atoms with Crippen molar-refractivity contribution in [2.75, 3.05) is 7.11 Å². The number of aromatic nitrogens is 1. The smallest absolute Gasteiger partial charge is 0.210 e. The minimum Gasteiger partial charge on any atom is -0.507 e. The van der Waals surface area contributed by atoms with Gasteiger partial charge in [-0.2, -0.15) is 0 Å². The molecule has 0 bridgehead atoms. The Hall–Kier alpha value is -2.86. The van der Waals surface area contributed by atoms with Crippen LogP contribution in [-0.2, 0) is 6.61 Å². The summed E-state index contributed by atoms with van der Waals surface area (Å²) in [7, 11) is 1.63. The van der Waals surface area contributed by atoms with E-state index >= 15 is 0 Å². The molecule has 5 nitrogen and oxygen atoms in total. The van der Waals surface area contributed by atoms with Crippen LogP contribution in [0, 0.1) is 0 Å². The Balaban J connectivity index is 1.68. The van der Waals surface area contributed by atoms with Gasteiger partial charge in [-0.15, -0.1) is 0 Å². The number of phenols is 1. The summed E-state index contributed by atoms with van der Waals surface area (Å²) in [5.74, 6) is 1.72. The zero-order chi connectivity index (χ0) is 16.5. The maximum Gasteiger partial charge on any atom is 0.210 e. The first-order valence-corrected chi connectivity index (χ1v) is 8.19. The molecule has 1 N–H and O–H groups in total. The Labute approximate surface area is 142 Å². The van der Waals surface area contributed by atoms with E-state index in [-0.39, 0.29) is 5.75 Å². The van der Waals surface area contributed by atoms with Crippen molar-refractivity contribution in [3.05, 3.63) is 52.9 Å². The largest absolute Gasteiger partial charge is 0.507 e. The van der Waals surface area contributed by atoms with Gasteiger partial charge >= 0.3 is 0 Å². The fourth-order valence-corrected chi connectivity index (χ4v) is 3.35. The van der Waals surface area contributed by atoms with Crippen molar-refractivity contribution in [2.24, 2.45) is 4.99 Å². The number of aliphatic imine (C=N–C) groups is 1. The summed E-state index contributed by atoms with van der Waals surface area (Å²) >= 11 is 1.49. The van der Waals surface area contributed by atoms with Crippen LogP contribution in [-0.4, -0.2) is 23.4 Å². The molecule has 1 aliphatic heterocycles. The maximum absolute atomic E-state index is 9.79. The second kappa shape index (κ2) is 5.98. The number of hydrogen-bond acceptors (Lipinski definition) is 6. The number of nitrogens with zero attached hydrogens (tertiary/aromatic N) is 2. The summed E-state index contributed by atoms with van der Waals surface area (Å²) < 4.78 is 11.0. The fourth-order valence-electron chi connectivity index (χ4n) is 2.51.